The maximum absolute atomic E-state index is 12.7. The first-order valence-corrected chi connectivity index (χ1v) is 7.39. The van der Waals surface area contributed by atoms with Crippen LogP contribution in [-0.2, 0) is 11.0 Å². The molecule has 3 rings (SSSR count). The zero-order valence-electron chi connectivity index (χ0n) is 11.9. The molecule has 1 aromatic rings. The van der Waals surface area contributed by atoms with Gasteiger partial charge in [-0.2, -0.15) is 13.2 Å². The van der Waals surface area contributed by atoms with Crippen LogP contribution in [0.1, 0.15) is 31.4 Å². The van der Waals surface area contributed by atoms with Crippen LogP contribution in [0.2, 0.25) is 0 Å². The molecular formula is C14H17F3N4O. The number of halogens is 3. The van der Waals surface area contributed by atoms with E-state index in [-0.39, 0.29) is 23.8 Å². The Hall–Kier alpha value is -1.86. The van der Waals surface area contributed by atoms with Crippen molar-refractivity contribution in [3.8, 4) is 0 Å². The Morgan fingerprint density at radius 2 is 2.09 bits per heavy atom. The molecule has 1 aliphatic carbocycles. The zero-order valence-corrected chi connectivity index (χ0v) is 11.9. The summed E-state index contributed by atoms with van der Waals surface area (Å²) in [6.45, 7) is 1.04. The molecule has 1 amide bonds. The van der Waals surface area contributed by atoms with Crippen molar-refractivity contribution in [1.82, 2.24) is 15.3 Å². The van der Waals surface area contributed by atoms with Crippen LogP contribution in [0.4, 0.5) is 19.1 Å². The van der Waals surface area contributed by atoms with Gasteiger partial charge in [0, 0.05) is 31.2 Å². The van der Waals surface area contributed by atoms with Gasteiger partial charge in [0.2, 0.25) is 11.9 Å². The summed E-state index contributed by atoms with van der Waals surface area (Å²) in [5.41, 5.74) is -0.943. The average Bonchev–Trinajstić information content (AvgIpc) is 3.31. The molecule has 0 bridgehead atoms. The number of nitrogens with zero attached hydrogens (tertiary/aromatic N) is 3. The third-order valence-corrected chi connectivity index (χ3v) is 3.93. The van der Waals surface area contributed by atoms with Crippen molar-refractivity contribution in [2.45, 2.75) is 37.9 Å². The molecule has 1 aliphatic heterocycles. The second kappa shape index (κ2) is 5.73. The minimum atomic E-state index is -4.48. The normalized spacial score (nSPS) is 22.5. The van der Waals surface area contributed by atoms with Gasteiger partial charge in [0.1, 0.15) is 5.69 Å². The van der Waals surface area contributed by atoms with Crippen LogP contribution < -0.4 is 10.2 Å². The van der Waals surface area contributed by atoms with Crippen LogP contribution in [0.5, 0.6) is 0 Å². The number of anilines is 1. The second-order valence-corrected chi connectivity index (χ2v) is 5.81. The van der Waals surface area contributed by atoms with E-state index in [2.05, 4.69) is 15.3 Å². The van der Waals surface area contributed by atoms with E-state index in [0.717, 1.165) is 37.9 Å². The Bertz CT molecular complexity index is 559. The molecule has 2 aliphatic rings. The number of nitrogens with one attached hydrogen (secondary N) is 1. The van der Waals surface area contributed by atoms with Crippen molar-refractivity contribution >= 4 is 11.9 Å². The quantitative estimate of drug-likeness (QED) is 0.927. The van der Waals surface area contributed by atoms with Crippen LogP contribution >= 0.6 is 0 Å². The second-order valence-electron chi connectivity index (χ2n) is 5.81. The van der Waals surface area contributed by atoms with Gasteiger partial charge in [-0.3, -0.25) is 4.79 Å². The van der Waals surface area contributed by atoms with E-state index >= 15 is 0 Å². The Morgan fingerprint density at radius 1 is 1.32 bits per heavy atom. The lowest BCUT2D eigenvalue weighted by atomic mass is 10.1. The highest BCUT2D eigenvalue weighted by atomic mass is 19.4. The van der Waals surface area contributed by atoms with Crippen LogP contribution in [0, 0.1) is 5.92 Å². The van der Waals surface area contributed by atoms with E-state index in [1.807, 2.05) is 0 Å². The van der Waals surface area contributed by atoms with Crippen LogP contribution in [0.15, 0.2) is 12.3 Å². The summed E-state index contributed by atoms with van der Waals surface area (Å²) in [6.07, 6.45) is 0.117. The Balaban J connectivity index is 1.67. The molecule has 2 fully saturated rings. The number of carbonyl (C=O) groups excluding carboxylic acids is 1. The van der Waals surface area contributed by atoms with Gasteiger partial charge in [0.05, 0.1) is 0 Å². The van der Waals surface area contributed by atoms with Crippen LogP contribution in [0.3, 0.4) is 0 Å². The van der Waals surface area contributed by atoms with E-state index in [4.69, 9.17) is 0 Å². The Kier molecular flexibility index (Phi) is 3.92. The fourth-order valence-electron chi connectivity index (χ4n) is 2.60. The molecule has 5 nitrogen and oxygen atoms in total. The summed E-state index contributed by atoms with van der Waals surface area (Å²) in [7, 11) is 0. The van der Waals surface area contributed by atoms with Crippen LogP contribution in [0.25, 0.3) is 0 Å². The predicted molar refractivity (Wildman–Crippen MR) is 73.1 cm³/mol. The molecule has 1 atom stereocenters. The molecular weight excluding hydrogens is 297 g/mol. The summed E-state index contributed by atoms with van der Waals surface area (Å²) in [5.74, 6) is 0.247. The molecule has 1 N–H and O–H groups in total. The van der Waals surface area contributed by atoms with Gasteiger partial charge in [-0.15, -0.1) is 0 Å². The molecule has 22 heavy (non-hydrogen) atoms. The van der Waals surface area contributed by atoms with Crippen molar-refractivity contribution < 1.29 is 18.0 Å². The molecule has 1 saturated carbocycles. The van der Waals surface area contributed by atoms with Gasteiger partial charge in [0.15, 0.2) is 0 Å². The number of carbonyl (C=O) groups is 1. The standard InChI is InChI=1S/C14H17F3N4O/c15-14(16,17)11-5-6-18-13(20-11)21-7-1-2-10(8-21)19-12(22)9-3-4-9/h5-6,9-10H,1-4,7-8H2,(H,19,22). The highest BCUT2D eigenvalue weighted by Crippen LogP contribution is 2.30. The number of piperidine rings is 1. The number of amides is 1. The summed E-state index contributed by atoms with van der Waals surface area (Å²) >= 11 is 0. The minimum Gasteiger partial charge on any atom is -0.351 e. The molecule has 0 aromatic carbocycles. The molecule has 0 spiro atoms. The maximum atomic E-state index is 12.7. The summed E-state index contributed by atoms with van der Waals surface area (Å²) in [5, 5.41) is 2.97. The molecule has 1 unspecified atom stereocenters. The Morgan fingerprint density at radius 3 is 2.77 bits per heavy atom. The fourth-order valence-corrected chi connectivity index (χ4v) is 2.60. The topological polar surface area (TPSA) is 58.1 Å². The van der Waals surface area contributed by atoms with E-state index in [1.54, 1.807) is 4.90 Å². The first-order valence-electron chi connectivity index (χ1n) is 7.39. The number of hydrogen-bond acceptors (Lipinski definition) is 4. The van der Waals surface area contributed by atoms with E-state index in [9.17, 15) is 18.0 Å². The molecule has 8 heteroatoms. The lowest BCUT2D eigenvalue weighted by Crippen LogP contribution is -2.48. The average molecular weight is 314 g/mol. The molecule has 1 saturated heterocycles. The fraction of sp³-hybridized carbons (Fsp3) is 0.643. The SMILES string of the molecule is O=C(NC1CCCN(c2nccc(C(F)(F)F)n2)C1)C1CC1. The van der Waals surface area contributed by atoms with Gasteiger partial charge in [-0.05, 0) is 31.7 Å². The number of alkyl halides is 3. The predicted octanol–water partition coefficient (Wildman–Crippen LogP) is 1.99. The van der Waals surface area contributed by atoms with Crippen molar-refractivity contribution in [1.29, 1.82) is 0 Å². The highest BCUT2D eigenvalue weighted by Gasteiger charge is 2.34. The molecule has 120 valence electrons. The minimum absolute atomic E-state index is 0.0526. The first kappa shape index (κ1) is 15.1. The lowest BCUT2D eigenvalue weighted by Gasteiger charge is -2.33. The first-order chi connectivity index (χ1) is 10.4. The maximum Gasteiger partial charge on any atom is 0.433 e. The van der Waals surface area contributed by atoms with Gasteiger partial charge in [-0.25, -0.2) is 9.97 Å². The van der Waals surface area contributed by atoms with Gasteiger partial charge < -0.3 is 10.2 Å². The Labute approximate surface area is 125 Å². The number of hydrogen-bond donors (Lipinski definition) is 1. The third kappa shape index (κ3) is 3.48. The van der Waals surface area contributed by atoms with Gasteiger partial charge in [-0.1, -0.05) is 0 Å². The summed E-state index contributed by atoms with van der Waals surface area (Å²) in [4.78, 5) is 21.0. The lowest BCUT2D eigenvalue weighted by molar-refractivity contribution is -0.141. The van der Waals surface area contributed by atoms with Crippen molar-refractivity contribution in [3.05, 3.63) is 18.0 Å². The van der Waals surface area contributed by atoms with Crippen molar-refractivity contribution in [3.63, 3.8) is 0 Å². The zero-order chi connectivity index (χ0) is 15.7. The van der Waals surface area contributed by atoms with E-state index < -0.39 is 11.9 Å². The smallest absolute Gasteiger partial charge is 0.351 e. The summed E-state index contributed by atoms with van der Waals surface area (Å²) in [6, 6.07) is 0.805. The van der Waals surface area contributed by atoms with E-state index in [0.29, 0.717) is 13.1 Å². The van der Waals surface area contributed by atoms with Crippen LogP contribution in [-0.4, -0.2) is 35.0 Å². The highest BCUT2D eigenvalue weighted by molar-refractivity contribution is 5.81. The molecule has 2 heterocycles. The molecule has 1 aromatic heterocycles. The molecule has 0 radical (unpaired) electrons. The third-order valence-electron chi connectivity index (χ3n) is 3.93. The van der Waals surface area contributed by atoms with E-state index in [1.165, 1.54) is 0 Å². The monoisotopic (exact) mass is 314 g/mol. The number of aromatic nitrogens is 2. The largest absolute Gasteiger partial charge is 0.433 e. The number of rotatable bonds is 3. The van der Waals surface area contributed by atoms with Crippen molar-refractivity contribution in [2.24, 2.45) is 5.92 Å². The van der Waals surface area contributed by atoms with Crippen molar-refractivity contribution in [2.75, 3.05) is 18.0 Å². The summed E-state index contributed by atoms with van der Waals surface area (Å²) < 4.78 is 38.1. The van der Waals surface area contributed by atoms with Gasteiger partial charge >= 0.3 is 6.18 Å². The van der Waals surface area contributed by atoms with Gasteiger partial charge in [0.25, 0.3) is 0 Å².